The molecule has 4 aromatic rings. The third kappa shape index (κ3) is 3.75. The summed E-state index contributed by atoms with van der Waals surface area (Å²) in [5.41, 5.74) is 3.59. The zero-order valence-electron chi connectivity index (χ0n) is 17.0. The van der Waals surface area contributed by atoms with E-state index in [4.69, 9.17) is 9.47 Å². The Morgan fingerprint density at radius 1 is 1.19 bits per heavy atom. The summed E-state index contributed by atoms with van der Waals surface area (Å²) in [6.07, 6.45) is 8.66. The van der Waals surface area contributed by atoms with Gasteiger partial charge in [-0.3, -0.25) is 14.3 Å². The fraction of sp³-hybridized carbons (Fsp3) is 0.227. The number of carbonyl (C=O) groups is 1. The highest BCUT2D eigenvalue weighted by Crippen LogP contribution is 2.37. The Labute approximate surface area is 181 Å². The minimum atomic E-state index is -3.10. The highest BCUT2D eigenvalue weighted by Gasteiger charge is 2.29. The molecule has 1 aliphatic carbocycles. The van der Waals surface area contributed by atoms with E-state index in [9.17, 15) is 13.6 Å². The average molecular weight is 439 g/mol. The van der Waals surface area contributed by atoms with Crippen LogP contribution in [0.2, 0.25) is 0 Å². The Bertz CT molecular complexity index is 1280. The number of halogens is 2. The number of aromatic nitrogens is 4. The summed E-state index contributed by atoms with van der Waals surface area (Å²) in [4.78, 5) is 17.1. The molecule has 2 N–H and O–H groups in total. The molecule has 1 aliphatic rings. The van der Waals surface area contributed by atoms with Crippen molar-refractivity contribution in [2.75, 3.05) is 7.11 Å². The second kappa shape index (κ2) is 7.95. The van der Waals surface area contributed by atoms with Crippen LogP contribution in [-0.4, -0.2) is 45.3 Å². The van der Waals surface area contributed by atoms with Gasteiger partial charge in [-0.1, -0.05) is 0 Å². The molecule has 0 aliphatic heterocycles. The second-order valence-corrected chi connectivity index (χ2v) is 7.45. The van der Waals surface area contributed by atoms with Crippen LogP contribution in [0, 0.1) is 0 Å². The van der Waals surface area contributed by atoms with E-state index in [0.717, 1.165) is 24.0 Å². The van der Waals surface area contributed by atoms with Crippen molar-refractivity contribution < 1.29 is 23.0 Å². The maximum atomic E-state index is 13.2. The molecule has 164 valence electrons. The predicted octanol–water partition coefficient (Wildman–Crippen LogP) is 3.89. The summed E-state index contributed by atoms with van der Waals surface area (Å²) in [5, 5.41) is 9.52. The lowest BCUT2D eigenvalue weighted by molar-refractivity contribution is -0.0502. The molecule has 1 saturated carbocycles. The molecule has 1 aromatic carbocycles. The molecule has 0 unspecified atom stereocenters. The summed E-state index contributed by atoms with van der Waals surface area (Å²) in [6.45, 7) is -3.10. The normalized spacial score (nSPS) is 13.5. The van der Waals surface area contributed by atoms with Crippen LogP contribution in [0.25, 0.3) is 28.0 Å². The van der Waals surface area contributed by atoms with Crippen LogP contribution in [-0.2, 0) is 0 Å². The maximum Gasteiger partial charge on any atom is 0.387 e. The molecule has 3 aromatic heterocycles. The fourth-order valence-electron chi connectivity index (χ4n) is 3.58. The first-order valence-corrected chi connectivity index (χ1v) is 9.98. The van der Waals surface area contributed by atoms with Gasteiger partial charge in [0.25, 0.3) is 5.91 Å². The molecule has 0 atom stereocenters. The quantitative estimate of drug-likeness (QED) is 0.456. The lowest BCUT2D eigenvalue weighted by Crippen LogP contribution is -2.26. The number of benzene rings is 1. The zero-order valence-corrected chi connectivity index (χ0v) is 17.0. The number of aromatic amines is 1. The topological polar surface area (TPSA) is 93.5 Å². The molecular formula is C22H19F2N5O3. The minimum absolute atomic E-state index is 0.0504. The van der Waals surface area contributed by atoms with Gasteiger partial charge in [-0.25, -0.2) is 4.98 Å². The van der Waals surface area contributed by atoms with Crippen LogP contribution in [0.3, 0.4) is 0 Å². The second-order valence-electron chi connectivity index (χ2n) is 7.45. The number of hydrogen-bond donors (Lipinski definition) is 2. The maximum absolute atomic E-state index is 13.2. The van der Waals surface area contributed by atoms with Gasteiger partial charge >= 0.3 is 6.61 Å². The molecule has 0 saturated heterocycles. The first kappa shape index (κ1) is 20.0. The number of ether oxygens (including phenoxy) is 2. The van der Waals surface area contributed by atoms with E-state index < -0.39 is 12.5 Å². The molecule has 32 heavy (non-hydrogen) atoms. The van der Waals surface area contributed by atoms with E-state index in [-0.39, 0.29) is 23.1 Å². The van der Waals surface area contributed by atoms with Crippen LogP contribution >= 0.6 is 0 Å². The molecule has 1 fully saturated rings. The van der Waals surface area contributed by atoms with E-state index in [2.05, 4.69) is 20.5 Å². The van der Waals surface area contributed by atoms with Crippen LogP contribution in [0.5, 0.6) is 11.5 Å². The number of alkyl halides is 2. The number of nitrogens with zero attached hydrogens (tertiary/aromatic N) is 3. The van der Waals surface area contributed by atoms with Crippen molar-refractivity contribution >= 4 is 11.6 Å². The van der Waals surface area contributed by atoms with Gasteiger partial charge in [0.1, 0.15) is 22.7 Å². The minimum Gasteiger partial charge on any atom is -0.496 e. The number of pyridine rings is 1. The molecule has 1 amide bonds. The van der Waals surface area contributed by atoms with E-state index in [0.29, 0.717) is 16.9 Å². The van der Waals surface area contributed by atoms with Gasteiger partial charge in [0.2, 0.25) is 0 Å². The van der Waals surface area contributed by atoms with E-state index >= 15 is 0 Å². The lowest BCUT2D eigenvalue weighted by Gasteiger charge is -2.16. The van der Waals surface area contributed by atoms with Crippen molar-refractivity contribution in [3.8, 4) is 33.9 Å². The Morgan fingerprint density at radius 3 is 2.69 bits per heavy atom. The van der Waals surface area contributed by atoms with Gasteiger partial charge in [0, 0.05) is 29.6 Å². The standard InChI is InChI=1S/C22H19F2N5O3/c1-31-17-6-13(7-18(32-22(23)24)20(17)21(30)28-15-2-3-15)16-11-25-19-8-12(4-5-29(16)19)14-9-26-27-10-14/h4-11,15,22H,2-3H2,1H3,(H,26,27)(H,28,30). The number of imidazole rings is 1. The fourth-order valence-corrected chi connectivity index (χ4v) is 3.58. The third-order valence-electron chi connectivity index (χ3n) is 5.28. The first-order valence-electron chi connectivity index (χ1n) is 9.98. The van der Waals surface area contributed by atoms with Gasteiger partial charge in [-0.15, -0.1) is 0 Å². The third-order valence-corrected chi connectivity index (χ3v) is 5.28. The average Bonchev–Trinajstić information content (AvgIpc) is 3.26. The van der Waals surface area contributed by atoms with Crippen molar-refractivity contribution in [1.82, 2.24) is 24.9 Å². The molecule has 0 spiro atoms. The highest BCUT2D eigenvalue weighted by atomic mass is 19.3. The zero-order chi connectivity index (χ0) is 22.2. The largest absolute Gasteiger partial charge is 0.496 e. The summed E-state index contributed by atoms with van der Waals surface area (Å²) in [6, 6.07) is 6.86. The predicted molar refractivity (Wildman–Crippen MR) is 112 cm³/mol. The van der Waals surface area contributed by atoms with Gasteiger partial charge in [-0.05, 0) is 42.7 Å². The Balaban J connectivity index is 1.59. The number of rotatable bonds is 7. The number of H-pyrrole nitrogens is 1. The van der Waals surface area contributed by atoms with Crippen LogP contribution in [0.15, 0.2) is 49.1 Å². The van der Waals surface area contributed by atoms with Crippen LogP contribution in [0.4, 0.5) is 8.78 Å². The monoisotopic (exact) mass is 439 g/mol. The van der Waals surface area contributed by atoms with Crippen LogP contribution < -0.4 is 14.8 Å². The van der Waals surface area contributed by atoms with E-state index in [1.54, 1.807) is 24.7 Å². The summed E-state index contributed by atoms with van der Waals surface area (Å²) in [5.74, 6) is -0.617. The molecule has 0 radical (unpaired) electrons. The van der Waals surface area contributed by atoms with Crippen molar-refractivity contribution in [2.24, 2.45) is 0 Å². The van der Waals surface area contributed by atoms with Crippen molar-refractivity contribution in [1.29, 1.82) is 0 Å². The summed E-state index contributed by atoms with van der Waals surface area (Å²) in [7, 11) is 1.38. The van der Waals surface area contributed by atoms with Crippen molar-refractivity contribution in [3.63, 3.8) is 0 Å². The number of carbonyl (C=O) groups excluding carboxylic acids is 1. The molecule has 3 heterocycles. The van der Waals surface area contributed by atoms with Crippen molar-refractivity contribution in [2.45, 2.75) is 25.5 Å². The van der Waals surface area contributed by atoms with Gasteiger partial charge < -0.3 is 14.8 Å². The van der Waals surface area contributed by atoms with Crippen molar-refractivity contribution in [3.05, 3.63) is 54.6 Å². The SMILES string of the molecule is COc1cc(-c2cnc3cc(-c4cn[nH]c4)ccn23)cc(OC(F)F)c1C(=O)NC1CC1. The molecule has 5 rings (SSSR count). The van der Waals surface area contributed by atoms with E-state index in [1.807, 2.05) is 22.7 Å². The summed E-state index contributed by atoms with van der Waals surface area (Å²) < 4.78 is 38.2. The smallest absolute Gasteiger partial charge is 0.387 e. The van der Waals surface area contributed by atoms with Crippen LogP contribution in [0.1, 0.15) is 23.2 Å². The number of nitrogens with one attached hydrogen (secondary N) is 2. The molecular weight excluding hydrogens is 420 g/mol. The number of methoxy groups -OCH3 is 1. The van der Waals surface area contributed by atoms with Gasteiger partial charge in [0.05, 0.1) is 25.2 Å². The van der Waals surface area contributed by atoms with E-state index in [1.165, 1.54) is 13.2 Å². The van der Waals surface area contributed by atoms with Gasteiger partial charge in [-0.2, -0.15) is 13.9 Å². The lowest BCUT2D eigenvalue weighted by atomic mass is 10.1. The molecule has 0 bridgehead atoms. The first-order chi connectivity index (χ1) is 15.5. The highest BCUT2D eigenvalue weighted by molar-refractivity contribution is 6.01. The number of fused-ring (bicyclic) bond motifs is 1. The Hall–Kier alpha value is -3.95. The molecule has 8 nitrogen and oxygen atoms in total. The van der Waals surface area contributed by atoms with Gasteiger partial charge in [0.15, 0.2) is 0 Å². The summed E-state index contributed by atoms with van der Waals surface area (Å²) >= 11 is 0. The number of hydrogen-bond acceptors (Lipinski definition) is 5. The molecule has 10 heteroatoms. The Kier molecular flexibility index (Phi) is 4.96. The Morgan fingerprint density at radius 2 is 2.00 bits per heavy atom. The number of amides is 1.